The van der Waals surface area contributed by atoms with E-state index in [0.29, 0.717) is 19.7 Å². The minimum Gasteiger partial charge on any atom is -0.368 e. The Bertz CT molecular complexity index is 522. The topological polar surface area (TPSA) is 53.1 Å². The van der Waals surface area contributed by atoms with E-state index in [1.54, 1.807) is 0 Å². The van der Waals surface area contributed by atoms with Gasteiger partial charge in [0.25, 0.3) is 0 Å². The van der Waals surface area contributed by atoms with Crippen LogP contribution < -0.4 is 0 Å². The van der Waals surface area contributed by atoms with Crippen LogP contribution >= 0.6 is 0 Å². The van der Waals surface area contributed by atoms with Crippen molar-refractivity contribution >= 4 is 11.8 Å². The zero-order valence-electron chi connectivity index (χ0n) is 14.9. The van der Waals surface area contributed by atoms with Crippen LogP contribution in [-0.4, -0.2) is 84.0 Å². The van der Waals surface area contributed by atoms with Gasteiger partial charge < -0.3 is 14.5 Å². The molecule has 3 heterocycles. The lowest BCUT2D eigenvalue weighted by Crippen LogP contribution is -2.74. The van der Waals surface area contributed by atoms with Crippen LogP contribution in [0.1, 0.15) is 33.1 Å². The summed E-state index contributed by atoms with van der Waals surface area (Å²) in [6.45, 7) is 9.30. The van der Waals surface area contributed by atoms with Gasteiger partial charge in [-0.3, -0.25) is 14.5 Å². The average molecular weight is 335 g/mol. The van der Waals surface area contributed by atoms with E-state index in [1.165, 1.54) is 12.8 Å². The number of likely N-dealkylation sites (tertiary alicyclic amines) is 2. The number of hydrogen-bond donors (Lipinski definition) is 0. The second kappa shape index (κ2) is 5.99. The zero-order valence-corrected chi connectivity index (χ0v) is 14.9. The van der Waals surface area contributed by atoms with Gasteiger partial charge in [-0.1, -0.05) is 13.8 Å². The SMILES string of the molecule is CC(C)C(=O)N1CC2(C1)CN(CC1CC1)C(C(=O)N1CCC1)CO2. The minimum atomic E-state index is -0.245. The zero-order chi connectivity index (χ0) is 16.9. The number of carbonyl (C=O) groups is 2. The maximum Gasteiger partial charge on any atom is 0.242 e. The van der Waals surface area contributed by atoms with Gasteiger partial charge in [-0.15, -0.1) is 0 Å². The molecule has 0 aromatic carbocycles. The van der Waals surface area contributed by atoms with Crippen molar-refractivity contribution in [3.05, 3.63) is 0 Å². The standard InChI is InChI=1S/C18H29N3O3/c1-13(2)16(22)21-11-18(12-21)10-20(8-14-4-5-14)15(9-24-18)17(23)19-6-3-7-19/h13-15H,3-12H2,1-2H3. The van der Waals surface area contributed by atoms with Crippen LogP contribution in [0.2, 0.25) is 0 Å². The van der Waals surface area contributed by atoms with Crippen LogP contribution in [0.4, 0.5) is 0 Å². The van der Waals surface area contributed by atoms with Gasteiger partial charge in [0.2, 0.25) is 11.8 Å². The van der Waals surface area contributed by atoms with Crippen molar-refractivity contribution in [3.8, 4) is 0 Å². The first-order valence-corrected chi connectivity index (χ1v) is 9.43. The number of rotatable bonds is 4. The quantitative estimate of drug-likeness (QED) is 0.754. The molecule has 0 radical (unpaired) electrons. The van der Waals surface area contributed by atoms with Gasteiger partial charge in [-0.05, 0) is 25.2 Å². The summed E-state index contributed by atoms with van der Waals surface area (Å²) in [6.07, 6.45) is 3.69. The fourth-order valence-electron chi connectivity index (χ4n) is 4.05. The molecule has 24 heavy (non-hydrogen) atoms. The molecule has 4 rings (SSSR count). The minimum absolute atomic E-state index is 0.0363. The molecule has 6 heteroatoms. The molecule has 0 bridgehead atoms. The van der Waals surface area contributed by atoms with E-state index in [4.69, 9.17) is 4.74 Å². The Morgan fingerprint density at radius 2 is 1.83 bits per heavy atom. The van der Waals surface area contributed by atoms with E-state index in [2.05, 4.69) is 4.90 Å². The highest BCUT2D eigenvalue weighted by atomic mass is 16.5. The van der Waals surface area contributed by atoms with E-state index in [-0.39, 0.29) is 29.4 Å². The van der Waals surface area contributed by atoms with Crippen LogP contribution in [0.3, 0.4) is 0 Å². The third kappa shape index (κ3) is 2.94. The Labute approximate surface area is 144 Å². The van der Waals surface area contributed by atoms with Crippen LogP contribution in [0.25, 0.3) is 0 Å². The van der Waals surface area contributed by atoms with Crippen LogP contribution in [0.15, 0.2) is 0 Å². The molecule has 1 aliphatic carbocycles. The number of carbonyl (C=O) groups excluding carboxylic acids is 2. The summed E-state index contributed by atoms with van der Waals surface area (Å²) in [7, 11) is 0. The molecule has 6 nitrogen and oxygen atoms in total. The predicted octanol–water partition coefficient (Wildman–Crippen LogP) is 0.567. The molecule has 1 unspecified atom stereocenters. The summed E-state index contributed by atoms with van der Waals surface area (Å²) in [4.78, 5) is 31.1. The first kappa shape index (κ1) is 16.3. The largest absolute Gasteiger partial charge is 0.368 e. The van der Waals surface area contributed by atoms with Gasteiger partial charge in [0.05, 0.1) is 19.7 Å². The lowest BCUT2D eigenvalue weighted by atomic mass is 9.89. The fourth-order valence-corrected chi connectivity index (χ4v) is 4.05. The van der Waals surface area contributed by atoms with Crippen LogP contribution in [0, 0.1) is 11.8 Å². The molecular formula is C18H29N3O3. The average Bonchev–Trinajstić information content (AvgIpc) is 3.25. The summed E-state index contributed by atoms with van der Waals surface area (Å²) in [5.41, 5.74) is -0.245. The van der Waals surface area contributed by atoms with Gasteiger partial charge >= 0.3 is 0 Å². The number of amides is 2. The van der Waals surface area contributed by atoms with Crippen molar-refractivity contribution in [1.29, 1.82) is 0 Å². The maximum atomic E-state index is 12.7. The fraction of sp³-hybridized carbons (Fsp3) is 0.889. The highest BCUT2D eigenvalue weighted by Gasteiger charge is 2.53. The molecule has 1 saturated carbocycles. The van der Waals surface area contributed by atoms with Crippen molar-refractivity contribution in [1.82, 2.24) is 14.7 Å². The highest BCUT2D eigenvalue weighted by Crippen LogP contribution is 2.36. The van der Waals surface area contributed by atoms with E-state index in [0.717, 1.165) is 38.5 Å². The van der Waals surface area contributed by atoms with Crippen molar-refractivity contribution in [2.75, 3.05) is 45.9 Å². The van der Waals surface area contributed by atoms with Crippen LogP contribution in [0.5, 0.6) is 0 Å². The van der Waals surface area contributed by atoms with Gasteiger partial charge in [0.1, 0.15) is 11.6 Å². The lowest BCUT2D eigenvalue weighted by molar-refractivity contribution is -0.208. The molecule has 4 aliphatic rings. The van der Waals surface area contributed by atoms with Crippen molar-refractivity contribution in [2.45, 2.75) is 44.8 Å². The summed E-state index contributed by atoms with van der Waals surface area (Å²) in [5.74, 6) is 1.23. The Balaban J connectivity index is 1.40. The van der Waals surface area contributed by atoms with Crippen molar-refractivity contribution < 1.29 is 14.3 Å². The Hall–Kier alpha value is -1.14. The Morgan fingerprint density at radius 1 is 1.12 bits per heavy atom. The van der Waals surface area contributed by atoms with Gasteiger partial charge in [0, 0.05) is 32.1 Å². The maximum absolute atomic E-state index is 12.7. The number of nitrogens with zero attached hydrogens (tertiary/aromatic N) is 3. The summed E-state index contributed by atoms with van der Waals surface area (Å²) >= 11 is 0. The Kier molecular flexibility index (Phi) is 4.07. The number of ether oxygens (including phenoxy) is 1. The van der Waals surface area contributed by atoms with Gasteiger partial charge in [0.15, 0.2) is 0 Å². The molecule has 4 fully saturated rings. The molecule has 2 amide bonds. The normalized spacial score (nSPS) is 29.5. The summed E-state index contributed by atoms with van der Waals surface area (Å²) in [6, 6.07) is -0.119. The summed E-state index contributed by atoms with van der Waals surface area (Å²) < 4.78 is 6.16. The number of morpholine rings is 1. The van der Waals surface area contributed by atoms with Crippen LogP contribution in [-0.2, 0) is 14.3 Å². The highest BCUT2D eigenvalue weighted by molar-refractivity contribution is 5.83. The molecule has 1 atom stereocenters. The molecule has 134 valence electrons. The predicted molar refractivity (Wildman–Crippen MR) is 89.4 cm³/mol. The summed E-state index contributed by atoms with van der Waals surface area (Å²) in [5, 5.41) is 0. The lowest BCUT2D eigenvalue weighted by Gasteiger charge is -2.56. The number of hydrogen-bond acceptors (Lipinski definition) is 4. The first-order valence-electron chi connectivity index (χ1n) is 9.43. The third-order valence-corrected chi connectivity index (χ3v) is 5.89. The molecule has 3 aliphatic heterocycles. The Morgan fingerprint density at radius 3 is 2.38 bits per heavy atom. The van der Waals surface area contributed by atoms with Crippen molar-refractivity contribution in [2.24, 2.45) is 11.8 Å². The smallest absolute Gasteiger partial charge is 0.242 e. The molecule has 1 spiro atoms. The molecular weight excluding hydrogens is 306 g/mol. The molecule has 3 saturated heterocycles. The first-order chi connectivity index (χ1) is 11.5. The molecule has 0 aromatic rings. The van der Waals surface area contributed by atoms with Gasteiger partial charge in [-0.2, -0.15) is 0 Å². The van der Waals surface area contributed by atoms with Gasteiger partial charge in [-0.25, -0.2) is 0 Å². The monoisotopic (exact) mass is 335 g/mol. The van der Waals surface area contributed by atoms with E-state index < -0.39 is 0 Å². The third-order valence-electron chi connectivity index (χ3n) is 5.89. The second-order valence-electron chi connectivity index (χ2n) is 8.41. The van der Waals surface area contributed by atoms with Crippen molar-refractivity contribution in [3.63, 3.8) is 0 Å². The molecule has 0 aromatic heterocycles. The van der Waals surface area contributed by atoms with E-state index in [9.17, 15) is 9.59 Å². The molecule has 0 N–H and O–H groups in total. The second-order valence-corrected chi connectivity index (χ2v) is 8.41. The van der Waals surface area contributed by atoms with E-state index in [1.807, 2.05) is 23.6 Å². The van der Waals surface area contributed by atoms with E-state index >= 15 is 0 Å².